The zero-order valence-corrected chi connectivity index (χ0v) is 14.9. The number of benzene rings is 1. The van der Waals surface area contributed by atoms with Gasteiger partial charge in [-0.15, -0.1) is 0 Å². The molecule has 27 heavy (non-hydrogen) atoms. The number of aromatic amines is 1. The van der Waals surface area contributed by atoms with Crippen LogP contribution >= 0.6 is 0 Å². The summed E-state index contributed by atoms with van der Waals surface area (Å²) in [5.74, 6) is -0.0829. The van der Waals surface area contributed by atoms with Crippen LogP contribution in [0.1, 0.15) is 28.9 Å². The number of piperidine rings is 1. The maximum atomic E-state index is 12.2. The molecule has 1 aromatic heterocycles. The number of ether oxygens (including phenoxy) is 1. The van der Waals surface area contributed by atoms with E-state index < -0.39 is 5.56 Å². The topological polar surface area (TPSA) is 104 Å². The van der Waals surface area contributed by atoms with Gasteiger partial charge in [0, 0.05) is 19.6 Å². The molecule has 1 fully saturated rings. The number of nitrogens with zero attached hydrogens (tertiary/aromatic N) is 2. The number of carbonyl (C=O) groups is 2. The van der Waals surface area contributed by atoms with Gasteiger partial charge >= 0.3 is 6.09 Å². The van der Waals surface area contributed by atoms with Crippen molar-refractivity contribution in [1.29, 1.82) is 0 Å². The molecule has 0 unspecified atom stereocenters. The van der Waals surface area contributed by atoms with Crippen LogP contribution in [0.15, 0.2) is 47.5 Å². The van der Waals surface area contributed by atoms with Gasteiger partial charge in [-0.1, -0.05) is 30.3 Å². The van der Waals surface area contributed by atoms with Crippen LogP contribution in [0.2, 0.25) is 0 Å². The zero-order valence-electron chi connectivity index (χ0n) is 14.9. The van der Waals surface area contributed by atoms with Crippen molar-refractivity contribution in [2.24, 2.45) is 5.92 Å². The van der Waals surface area contributed by atoms with Crippen LogP contribution in [0.3, 0.4) is 0 Å². The van der Waals surface area contributed by atoms with Crippen molar-refractivity contribution in [2.45, 2.75) is 19.4 Å². The number of carbonyl (C=O) groups excluding carboxylic acids is 2. The van der Waals surface area contributed by atoms with E-state index in [9.17, 15) is 14.4 Å². The molecule has 0 bridgehead atoms. The number of rotatable bonds is 5. The summed E-state index contributed by atoms with van der Waals surface area (Å²) in [4.78, 5) is 43.2. The lowest BCUT2D eigenvalue weighted by Gasteiger charge is -2.31. The van der Waals surface area contributed by atoms with E-state index in [1.807, 2.05) is 30.3 Å². The zero-order chi connectivity index (χ0) is 19.1. The van der Waals surface area contributed by atoms with E-state index in [-0.39, 0.29) is 30.2 Å². The lowest BCUT2D eigenvalue weighted by molar-refractivity contribution is 0.0800. The Hall–Kier alpha value is -3.16. The Morgan fingerprint density at radius 2 is 1.93 bits per heavy atom. The number of aromatic nitrogens is 2. The van der Waals surface area contributed by atoms with Gasteiger partial charge in [0.05, 0.1) is 12.4 Å². The summed E-state index contributed by atoms with van der Waals surface area (Å²) < 4.78 is 5.35. The largest absolute Gasteiger partial charge is 0.445 e. The fourth-order valence-corrected chi connectivity index (χ4v) is 2.95. The average Bonchev–Trinajstić information content (AvgIpc) is 2.71. The van der Waals surface area contributed by atoms with Gasteiger partial charge in [0.1, 0.15) is 12.3 Å². The Bertz CT molecular complexity index is 829. The fourth-order valence-electron chi connectivity index (χ4n) is 2.95. The molecule has 3 rings (SSSR count). The van der Waals surface area contributed by atoms with Crippen molar-refractivity contribution in [1.82, 2.24) is 20.2 Å². The average molecular weight is 370 g/mol. The summed E-state index contributed by atoms with van der Waals surface area (Å²) in [5, 5.41) is 2.80. The van der Waals surface area contributed by atoms with Gasteiger partial charge in [-0.05, 0) is 24.3 Å². The summed E-state index contributed by atoms with van der Waals surface area (Å²) in [7, 11) is 0. The highest BCUT2D eigenvalue weighted by Crippen LogP contribution is 2.17. The Morgan fingerprint density at radius 3 is 2.63 bits per heavy atom. The maximum absolute atomic E-state index is 12.2. The Kier molecular flexibility index (Phi) is 6.19. The summed E-state index contributed by atoms with van der Waals surface area (Å²) in [5.41, 5.74) is 0.686. The first-order chi connectivity index (χ1) is 13.1. The van der Waals surface area contributed by atoms with E-state index >= 15 is 0 Å². The second-order valence-electron chi connectivity index (χ2n) is 6.49. The van der Waals surface area contributed by atoms with Gasteiger partial charge in [-0.2, -0.15) is 0 Å². The molecule has 0 atom stereocenters. The SMILES string of the molecule is O=C(NCC1CCN(C(=O)OCc2ccccc2)CC1)c1cncc(=O)[nH]1. The van der Waals surface area contributed by atoms with Gasteiger partial charge in [0.2, 0.25) is 0 Å². The standard InChI is InChI=1S/C19H22N4O4/c24-17-12-20-11-16(22-17)18(25)21-10-14-6-8-23(9-7-14)19(26)27-13-15-4-2-1-3-5-15/h1-5,11-12,14H,6-10,13H2,(H,21,25)(H,22,24). The number of likely N-dealkylation sites (tertiary alicyclic amines) is 1. The molecule has 8 nitrogen and oxygen atoms in total. The van der Waals surface area contributed by atoms with Crippen molar-refractivity contribution < 1.29 is 14.3 Å². The third kappa shape index (κ3) is 5.40. The van der Waals surface area contributed by atoms with Crippen LogP contribution < -0.4 is 10.9 Å². The van der Waals surface area contributed by atoms with Crippen LogP contribution in [-0.2, 0) is 11.3 Å². The minimum atomic E-state index is -0.412. The van der Waals surface area contributed by atoms with Crippen LogP contribution in [-0.4, -0.2) is 46.5 Å². The van der Waals surface area contributed by atoms with Crippen molar-refractivity contribution in [3.63, 3.8) is 0 Å². The first-order valence-electron chi connectivity index (χ1n) is 8.90. The first-order valence-corrected chi connectivity index (χ1v) is 8.90. The quantitative estimate of drug-likeness (QED) is 0.831. The molecular weight excluding hydrogens is 348 g/mol. The van der Waals surface area contributed by atoms with Gasteiger partial charge in [-0.25, -0.2) is 4.79 Å². The van der Waals surface area contributed by atoms with Crippen molar-refractivity contribution in [3.05, 3.63) is 64.3 Å². The summed E-state index contributed by atoms with van der Waals surface area (Å²) in [6.07, 6.45) is 3.69. The second kappa shape index (κ2) is 8.98. The van der Waals surface area contributed by atoms with Crippen LogP contribution in [0.5, 0.6) is 0 Å². The molecule has 2 heterocycles. The Morgan fingerprint density at radius 1 is 1.19 bits per heavy atom. The van der Waals surface area contributed by atoms with Gasteiger partial charge < -0.3 is 19.9 Å². The number of hydrogen-bond donors (Lipinski definition) is 2. The molecule has 1 aliphatic heterocycles. The lowest BCUT2D eigenvalue weighted by atomic mass is 9.97. The molecule has 0 aliphatic carbocycles. The van der Waals surface area contributed by atoms with E-state index in [0.717, 1.165) is 24.6 Å². The van der Waals surface area contributed by atoms with Crippen molar-refractivity contribution in [2.75, 3.05) is 19.6 Å². The molecule has 142 valence electrons. The van der Waals surface area contributed by atoms with Crippen LogP contribution in [0, 0.1) is 5.92 Å². The molecular formula is C19H22N4O4. The third-order valence-electron chi connectivity index (χ3n) is 4.53. The van der Waals surface area contributed by atoms with E-state index in [4.69, 9.17) is 4.74 Å². The van der Waals surface area contributed by atoms with Crippen molar-refractivity contribution in [3.8, 4) is 0 Å². The highest BCUT2D eigenvalue weighted by Gasteiger charge is 2.24. The van der Waals surface area contributed by atoms with E-state index in [2.05, 4.69) is 15.3 Å². The monoisotopic (exact) mass is 370 g/mol. The third-order valence-corrected chi connectivity index (χ3v) is 4.53. The van der Waals surface area contributed by atoms with E-state index in [1.54, 1.807) is 4.90 Å². The van der Waals surface area contributed by atoms with E-state index in [1.165, 1.54) is 6.20 Å². The Labute approximate surface area is 156 Å². The van der Waals surface area contributed by atoms with Crippen molar-refractivity contribution >= 4 is 12.0 Å². The molecule has 0 spiro atoms. The van der Waals surface area contributed by atoms with E-state index in [0.29, 0.717) is 19.6 Å². The molecule has 1 saturated heterocycles. The maximum Gasteiger partial charge on any atom is 0.410 e. The summed E-state index contributed by atoms with van der Waals surface area (Å²) >= 11 is 0. The van der Waals surface area contributed by atoms with Crippen LogP contribution in [0.4, 0.5) is 4.79 Å². The van der Waals surface area contributed by atoms with Gasteiger partial charge in [0.25, 0.3) is 11.5 Å². The normalized spacial score (nSPS) is 14.6. The highest BCUT2D eigenvalue weighted by molar-refractivity contribution is 5.91. The van der Waals surface area contributed by atoms with Gasteiger partial charge in [0.15, 0.2) is 0 Å². The number of nitrogens with one attached hydrogen (secondary N) is 2. The predicted octanol–water partition coefficient (Wildman–Crippen LogP) is 1.55. The number of amides is 2. The lowest BCUT2D eigenvalue weighted by Crippen LogP contribution is -2.42. The van der Waals surface area contributed by atoms with Crippen LogP contribution in [0.25, 0.3) is 0 Å². The predicted molar refractivity (Wildman–Crippen MR) is 98.1 cm³/mol. The smallest absolute Gasteiger partial charge is 0.410 e. The van der Waals surface area contributed by atoms with Gasteiger partial charge in [-0.3, -0.25) is 14.6 Å². The molecule has 2 amide bonds. The molecule has 8 heteroatoms. The minimum absolute atomic E-state index is 0.143. The summed E-state index contributed by atoms with van der Waals surface area (Å²) in [6, 6.07) is 9.56. The highest BCUT2D eigenvalue weighted by atomic mass is 16.6. The molecule has 0 saturated carbocycles. The number of H-pyrrole nitrogens is 1. The molecule has 0 radical (unpaired) electrons. The number of hydrogen-bond acceptors (Lipinski definition) is 5. The molecule has 1 aliphatic rings. The molecule has 2 aromatic rings. The fraction of sp³-hybridized carbons (Fsp3) is 0.368. The minimum Gasteiger partial charge on any atom is -0.445 e. The summed E-state index contributed by atoms with van der Waals surface area (Å²) in [6.45, 7) is 1.94. The first kappa shape index (κ1) is 18.6. The Balaban J connectivity index is 1.39. The second-order valence-corrected chi connectivity index (χ2v) is 6.49. The molecule has 1 aromatic carbocycles. The molecule has 2 N–H and O–H groups in total.